The van der Waals surface area contributed by atoms with Gasteiger partial charge < -0.3 is 20.7 Å². The van der Waals surface area contributed by atoms with Crippen LogP contribution in [0.3, 0.4) is 0 Å². The van der Waals surface area contributed by atoms with Gasteiger partial charge in [-0.05, 0) is 55.5 Å². The van der Waals surface area contributed by atoms with Crippen LogP contribution in [0.2, 0.25) is 0 Å². The number of nitrogens with one attached hydrogen (secondary N) is 1. The first-order valence-corrected chi connectivity index (χ1v) is 10.2. The van der Waals surface area contributed by atoms with Gasteiger partial charge in [-0.3, -0.25) is 9.59 Å². The lowest BCUT2D eigenvalue weighted by Crippen LogP contribution is -2.45. The van der Waals surface area contributed by atoms with E-state index in [1.165, 1.54) is 0 Å². The van der Waals surface area contributed by atoms with E-state index in [1.54, 1.807) is 24.3 Å². The number of hydrogen-bond acceptors (Lipinski definition) is 4. The molecule has 6 nitrogen and oxygen atoms in total. The molecule has 0 saturated carbocycles. The van der Waals surface area contributed by atoms with Crippen molar-refractivity contribution in [3.05, 3.63) is 59.7 Å². The van der Waals surface area contributed by atoms with Crippen molar-refractivity contribution < 1.29 is 14.3 Å². The minimum atomic E-state index is -0.555. The Bertz CT molecular complexity index is 893. The zero-order valence-corrected chi connectivity index (χ0v) is 17.9. The third-order valence-electron chi connectivity index (χ3n) is 5.81. The van der Waals surface area contributed by atoms with Crippen LogP contribution in [0.25, 0.3) is 0 Å². The molecule has 3 N–H and O–H groups in total. The van der Waals surface area contributed by atoms with E-state index in [1.807, 2.05) is 36.1 Å². The summed E-state index contributed by atoms with van der Waals surface area (Å²) in [6.45, 7) is 3.42. The molecular formula is C23H28ClN3O3. The summed E-state index contributed by atoms with van der Waals surface area (Å²) in [6.07, 6.45) is 2.02. The SMILES string of the molecule is CC(N)C1CCCN(C(=O)c2cccc(NC(=O)C3Cc4ccccc4O3)c2)C1.Cl. The standard InChI is InChI=1S/C23H27N3O3.ClH/c1-15(24)18-8-5-11-26(14-18)23(28)17-7-4-9-19(12-17)25-22(27)21-13-16-6-2-3-10-20(16)29-21;/h2-4,6-7,9-10,12,15,18,21H,5,8,11,13-14,24H2,1H3,(H,25,27);1H. The number of nitrogens with two attached hydrogens (primary N) is 1. The first-order valence-electron chi connectivity index (χ1n) is 10.2. The van der Waals surface area contributed by atoms with Crippen LogP contribution in [-0.4, -0.2) is 41.9 Å². The van der Waals surface area contributed by atoms with E-state index in [9.17, 15) is 9.59 Å². The molecule has 0 aromatic heterocycles. The van der Waals surface area contributed by atoms with Gasteiger partial charge in [-0.15, -0.1) is 12.4 Å². The van der Waals surface area contributed by atoms with Gasteiger partial charge in [0.1, 0.15) is 5.75 Å². The van der Waals surface area contributed by atoms with E-state index in [0.717, 1.165) is 30.7 Å². The van der Waals surface area contributed by atoms with Crippen LogP contribution in [0.1, 0.15) is 35.7 Å². The highest BCUT2D eigenvalue weighted by atomic mass is 35.5. The molecule has 4 rings (SSSR count). The largest absolute Gasteiger partial charge is 0.480 e. The summed E-state index contributed by atoms with van der Waals surface area (Å²) < 4.78 is 5.75. The van der Waals surface area contributed by atoms with Gasteiger partial charge >= 0.3 is 0 Å². The first-order chi connectivity index (χ1) is 14.0. The molecule has 2 aromatic rings. The molecular weight excluding hydrogens is 402 g/mol. The first kappa shape index (κ1) is 22.1. The number of anilines is 1. The Labute approximate surface area is 183 Å². The van der Waals surface area contributed by atoms with Crippen molar-refractivity contribution in [3.8, 4) is 5.75 Å². The van der Waals surface area contributed by atoms with Crippen molar-refractivity contribution in [2.24, 2.45) is 11.7 Å². The van der Waals surface area contributed by atoms with Crippen LogP contribution in [0.5, 0.6) is 5.75 Å². The van der Waals surface area contributed by atoms with Crippen LogP contribution in [-0.2, 0) is 11.2 Å². The average Bonchev–Trinajstić information content (AvgIpc) is 3.18. The van der Waals surface area contributed by atoms with Crippen molar-refractivity contribution in [1.29, 1.82) is 0 Å². The molecule has 1 saturated heterocycles. The molecule has 3 unspecified atom stereocenters. The molecule has 3 atom stereocenters. The molecule has 0 radical (unpaired) electrons. The summed E-state index contributed by atoms with van der Waals surface area (Å²) in [5.74, 6) is 0.860. The van der Waals surface area contributed by atoms with Gasteiger partial charge in [-0.1, -0.05) is 24.3 Å². The van der Waals surface area contributed by atoms with Crippen molar-refractivity contribution in [3.63, 3.8) is 0 Å². The van der Waals surface area contributed by atoms with Crippen LogP contribution < -0.4 is 15.8 Å². The molecule has 1 fully saturated rings. The maximum Gasteiger partial charge on any atom is 0.265 e. The zero-order chi connectivity index (χ0) is 20.4. The third kappa shape index (κ3) is 4.77. The number of piperidine rings is 1. The van der Waals surface area contributed by atoms with Crippen molar-refractivity contribution >= 4 is 29.9 Å². The second-order valence-electron chi connectivity index (χ2n) is 8.00. The normalized spacial score (nSPS) is 21.1. The molecule has 0 spiro atoms. The number of benzene rings is 2. The van der Waals surface area contributed by atoms with Crippen molar-refractivity contribution in [2.45, 2.75) is 38.3 Å². The van der Waals surface area contributed by atoms with Crippen LogP contribution in [0.15, 0.2) is 48.5 Å². The highest BCUT2D eigenvalue weighted by Gasteiger charge is 2.29. The topological polar surface area (TPSA) is 84.7 Å². The number of amides is 2. The van der Waals surface area contributed by atoms with Crippen LogP contribution in [0.4, 0.5) is 5.69 Å². The van der Waals surface area contributed by atoms with E-state index in [2.05, 4.69) is 5.32 Å². The fourth-order valence-electron chi connectivity index (χ4n) is 4.09. The van der Waals surface area contributed by atoms with Gasteiger partial charge in [0.05, 0.1) is 0 Å². The van der Waals surface area contributed by atoms with E-state index in [-0.39, 0.29) is 30.3 Å². The maximum atomic E-state index is 13.0. The Morgan fingerprint density at radius 3 is 2.77 bits per heavy atom. The molecule has 2 aliphatic heterocycles. The number of hydrogen-bond donors (Lipinski definition) is 2. The Morgan fingerprint density at radius 2 is 2.00 bits per heavy atom. The fraction of sp³-hybridized carbons (Fsp3) is 0.391. The minimum Gasteiger partial charge on any atom is -0.480 e. The lowest BCUT2D eigenvalue weighted by molar-refractivity contribution is -0.122. The van der Waals surface area contributed by atoms with Gasteiger partial charge in [-0.25, -0.2) is 0 Å². The monoisotopic (exact) mass is 429 g/mol. The molecule has 0 aliphatic carbocycles. The molecule has 7 heteroatoms. The van der Waals surface area contributed by atoms with Gasteiger partial charge in [0, 0.05) is 36.8 Å². The molecule has 0 bridgehead atoms. The number of fused-ring (bicyclic) bond motifs is 1. The van der Waals surface area contributed by atoms with Crippen LogP contribution >= 0.6 is 12.4 Å². The van der Waals surface area contributed by atoms with Gasteiger partial charge in [-0.2, -0.15) is 0 Å². The highest BCUT2D eigenvalue weighted by Crippen LogP contribution is 2.29. The molecule has 160 valence electrons. The molecule has 2 aliphatic rings. The molecule has 2 heterocycles. The molecule has 30 heavy (non-hydrogen) atoms. The van der Waals surface area contributed by atoms with E-state index >= 15 is 0 Å². The fourth-order valence-corrected chi connectivity index (χ4v) is 4.09. The van der Waals surface area contributed by atoms with E-state index in [0.29, 0.717) is 30.1 Å². The summed E-state index contributed by atoms with van der Waals surface area (Å²) in [4.78, 5) is 27.5. The van der Waals surface area contributed by atoms with Crippen molar-refractivity contribution in [2.75, 3.05) is 18.4 Å². The number of halogens is 1. The average molecular weight is 430 g/mol. The highest BCUT2D eigenvalue weighted by molar-refractivity contribution is 5.98. The molecule has 2 aromatic carbocycles. The van der Waals surface area contributed by atoms with Gasteiger partial charge in [0.15, 0.2) is 6.10 Å². The predicted molar refractivity (Wildman–Crippen MR) is 119 cm³/mol. The molecule has 2 amide bonds. The summed E-state index contributed by atoms with van der Waals surface area (Å²) >= 11 is 0. The van der Waals surface area contributed by atoms with Gasteiger partial charge in [0.25, 0.3) is 11.8 Å². The Morgan fingerprint density at radius 1 is 1.20 bits per heavy atom. The number of carbonyl (C=O) groups excluding carboxylic acids is 2. The minimum absolute atomic E-state index is 0. The predicted octanol–water partition coefficient (Wildman–Crippen LogP) is 3.25. The maximum absolute atomic E-state index is 13.0. The number of rotatable bonds is 4. The number of ether oxygens (including phenoxy) is 1. The number of para-hydroxylation sites is 1. The Kier molecular flexibility index (Phi) is 7.00. The van der Waals surface area contributed by atoms with E-state index in [4.69, 9.17) is 10.5 Å². The number of nitrogens with zero attached hydrogens (tertiary/aromatic N) is 1. The zero-order valence-electron chi connectivity index (χ0n) is 17.0. The summed E-state index contributed by atoms with van der Waals surface area (Å²) in [5.41, 5.74) is 8.25. The lowest BCUT2D eigenvalue weighted by atomic mass is 9.92. The second-order valence-corrected chi connectivity index (χ2v) is 8.00. The summed E-state index contributed by atoms with van der Waals surface area (Å²) in [5, 5.41) is 2.89. The third-order valence-corrected chi connectivity index (χ3v) is 5.81. The summed E-state index contributed by atoms with van der Waals surface area (Å²) in [6, 6.07) is 14.8. The van der Waals surface area contributed by atoms with E-state index < -0.39 is 6.10 Å². The summed E-state index contributed by atoms with van der Waals surface area (Å²) in [7, 11) is 0. The quantitative estimate of drug-likeness (QED) is 0.781. The second kappa shape index (κ2) is 9.49. The number of carbonyl (C=O) groups is 2. The Balaban J connectivity index is 0.00000256. The smallest absolute Gasteiger partial charge is 0.265 e. The number of likely N-dealkylation sites (tertiary alicyclic amines) is 1. The lowest BCUT2D eigenvalue weighted by Gasteiger charge is -2.34. The Hall–Kier alpha value is -2.57. The van der Waals surface area contributed by atoms with Crippen molar-refractivity contribution in [1.82, 2.24) is 4.90 Å². The van der Waals surface area contributed by atoms with Crippen LogP contribution in [0, 0.1) is 5.92 Å². The van der Waals surface area contributed by atoms with Gasteiger partial charge in [0.2, 0.25) is 0 Å².